The Morgan fingerprint density at radius 1 is 0.721 bits per heavy atom. The number of nitrogens with zero attached hydrogens (tertiary/aromatic N) is 3. The Bertz CT molecular complexity index is 1620. The van der Waals surface area contributed by atoms with Crippen molar-refractivity contribution >= 4 is 6.09 Å². The van der Waals surface area contributed by atoms with Crippen molar-refractivity contribution in [1.82, 2.24) is 19.4 Å². The highest BCUT2D eigenvalue weighted by molar-refractivity contribution is 5.68. The summed E-state index contributed by atoms with van der Waals surface area (Å²) >= 11 is 0. The maximum absolute atomic E-state index is 12.3. The number of carbonyl (C=O) groups excluding carboxylic acids is 1. The lowest BCUT2D eigenvalue weighted by molar-refractivity contribution is -0.0268. The smallest absolute Gasteiger partial charge is 0.410 e. The maximum Gasteiger partial charge on any atom is 0.410 e. The van der Waals surface area contributed by atoms with Gasteiger partial charge in [0, 0.05) is 51.2 Å². The first-order valence-electron chi connectivity index (χ1n) is 15.4. The lowest BCUT2D eigenvalue weighted by Crippen LogP contribution is -2.50. The molecule has 0 radical (unpaired) electrons. The van der Waals surface area contributed by atoms with Gasteiger partial charge in [0.15, 0.2) is 11.2 Å². The molecule has 2 aromatic heterocycles. The van der Waals surface area contributed by atoms with Gasteiger partial charge in [0.1, 0.15) is 17.1 Å². The number of benzene rings is 2. The van der Waals surface area contributed by atoms with Crippen molar-refractivity contribution in [2.24, 2.45) is 0 Å². The molecule has 2 saturated heterocycles. The highest BCUT2D eigenvalue weighted by Gasteiger charge is 2.45. The molecule has 0 bridgehead atoms. The summed E-state index contributed by atoms with van der Waals surface area (Å²) in [5, 5.41) is 3.41. The van der Waals surface area contributed by atoms with Crippen molar-refractivity contribution in [1.29, 1.82) is 0 Å². The molecule has 0 atom stereocenters. The Balaban J connectivity index is 0.000000147. The summed E-state index contributed by atoms with van der Waals surface area (Å²) in [6, 6.07) is 24.9. The molecule has 2 aromatic carbocycles. The molecule has 4 aliphatic rings. The molecule has 4 aromatic rings. The Hall–Kier alpha value is -4.17. The number of ether oxygens (including phenoxy) is 3. The molecule has 8 rings (SSSR count). The topological polar surface area (TPSA) is 69.9 Å². The lowest BCUT2D eigenvalue weighted by Gasteiger charge is -2.45. The van der Waals surface area contributed by atoms with Gasteiger partial charge in [-0.2, -0.15) is 0 Å². The zero-order valence-electron chi connectivity index (χ0n) is 25.2. The van der Waals surface area contributed by atoms with Gasteiger partial charge in [-0.15, -0.1) is 0 Å². The van der Waals surface area contributed by atoms with Crippen LogP contribution in [0, 0.1) is 0 Å². The van der Waals surface area contributed by atoms with E-state index in [4.69, 9.17) is 14.2 Å². The monoisotopic (exact) mass is 580 g/mol. The van der Waals surface area contributed by atoms with E-state index in [1.54, 1.807) is 4.90 Å². The molecular weight excluding hydrogens is 540 g/mol. The zero-order valence-corrected chi connectivity index (χ0v) is 25.2. The predicted octanol–water partition coefficient (Wildman–Crippen LogP) is 6.54. The number of aromatic nitrogens is 2. The minimum absolute atomic E-state index is 0.136. The molecule has 1 N–H and O–H groups in total. The van der Waals surface area contributed by atoms with Gasteiger partial charge in [0.05, 0.1) is 22.8 Å². The number of fused-ring (bicyclic) bond motifs is 8. The molecule has 0 saturated carbocycles. The SMILES string of the molecule is CC(C)(C)OC(=O)N1CCC2(CC1)Oc1ccccc1-n1cccc12.c1ccc2c(c1)OC1(CCNCC1)c1cccn1-2. The van der Waals surface area contributed by atoms with Gasteiger partial charge >= 0.3 is 6.09 Å². The number of amides is 1. The minimum Gasteiger partial charge on any atom is -0.479 e. The largest absolute Gasteiger partial charge is 0.479 e. The van der Waals surface area contributed by atoms with Crippen molar-refractivity contribution < 1.29 is 19.0 Å². The first kappa shape index (κ1) is 27.7. The molecule has 8 heteroatoms. The molecule has 0 aliphatic carbocycles. The Kier molecular flexibility index (Phi) is 6.77. The van der Waals surface area contributed by atoms with E-state index in [0.717, 1.165) is 67.3 Å². The summed E-state index contributed by atoms with van der Waals surface area (Å²) in [7, 11) is 0. The van der Waals surface area contributed by atoms with Gasteiger partial charge in [0.25, 0.3) is 0 Å². The second kappa shape index (κ2) is 10.5. The minimum atomic E-state index is -0.471. The molecule has 8 nitrogen and oxygen atoms in total. The van der Waals surface area contributed by atoms with Crippen LogP contribution in [0.2, 0.25) is 0 Å². The third-order valence-electron chi connectivity index (χ3n) is 8.93. The maximum atomic E-state index is 12.3. The van der Waals surface area contributed by atoms with Crippen LogP contribution in [0.1, 0.15) is 57.8 Å². The van der Waals surface area contributed by atoms with Crippen molar-refractivity contribution in [3.8, 4) is 22.9 Å². The fraction of sp³-hybridized carbons (Fsp3) is 0.400. The molecule has 43 heavy (non-hydrogen) atoms. The number of hydrogen-bond donors (Lipinski definition) is 1. The molecule has 2 spiro atoms. The van der Waals surface area contributed by atoms with Crippen LogP contribution < -0.4 is 14.8 Å². The van der Waals surface area contributed by atoms with Crippen molar-refractivity contribution in [2.75, 3.05) is 26.2 Å². The Morgan fingerprint density at radius 2 is 1.21 bits per heavy atom. The van der Waals surface area contributed by atoms with Crippen molar-refractivity contribution in [3.63, 3.8) is 0 Å². The van der Waals surface area contributed by atoms with E-state index in [1.165, 1.54) is 5.69 Å². The van der Waals surface area contributed by atoms with E-state index in [9.17, 15) is 4.79 Å². The summed E-state index contributed by atoms with van der Waals surface area (Å²) in [5.74, 6) is 1.90. The fourth-order valence-electron chi connectivity index (χ4n) is 6.86. The van der Waals surface area contributed by atoms with Crippen LogP contribution in [0.15, 0.2) is 85.2 Å². The van der Waals surface area contributed by atoms with Gasteiger partial charge in [-0.05, 0) is 82.4 Å². The van der Waals surface area contributed by atoms with E-state index in [0.29, 0.717) is 13.1 Å². The Labute approximate surface area is 253 Å². The number of piperidine rings is 2. The van der Waals surface area contributed by atoms with Crippen LogP contribution in [0.25, 0.3) is 11.4 Å². The highest BCUT2D eigenvalue weighted by atomic mass is 16.6. The number of carbonyl (C=O) groups is 1. The summed E-state index contributed by atoms with van der Waals surface area (Å²) < 4.78 is 22.9. The summed E-state index contributed by atoms with van der Waals surface area (Å²) in [4.78, 5) is 14.1. The number of nitrogens with one attached hydrogen (secondary N) is 1. The molecule has 1 amide bonds. The predicted molar refractivity (Wildman–Crippen MR) is 165 cm³/mol. The van der Waals surface area contributed by atoms with E-state index in [2.05, 4.69) is 75.4 Å². The first-order valence-corrected chi connectivity index (χ1v) is 15.4. The number of hydrogen-bond acceptors (Lipinski definition) is 5. The second-order valence-corrected chi connectivity index (χ2v) is 12.9. The average Bonchev–Trinajstić information content (AvgIpc) is 3.70. The van der Waals surface area contributed by atoms with E-state index >= 15 is 0 Å². The standard InChI is InChI=1S/C20H24N2O3.C15H16N2O/c1-19(2,3)25-18(23)21-13-10-20(11-14-21)17-9-6-12-22(17)15-7-4-5-8-16(15)24-20;1-2-5-13-12(4-1)17-11-3-6-14(17)15(18-13)7-9-16-10-8-15/h4-9,12H,10-11,13-14H2,1-3H3;1-6,11,16H,7-10H2. The first-order chi connectivity index (χ1) is 20.8. The van der Waals surface area contributed by atoms with Crippen LogP contribution in [-0.4, -0.2) is 51.9 Å². The van der Waals surface area contributed by atoms with Gasteiger partial charge in [-0.25, -0.2) is 4.79 Å². The Morgan fingerprint density at radius 3 is 1.72 bits per heavy atom. The van der Waals surface area contributed by atoms with Gasteiger partial charge in [-0.1, -0.05) is 24.3 Å². The van der Waals surface area contributed by atoms with Gasteiger partial charge < -0.3 is 33.6 Å². The normalized spacial score (nSPS) is 19.0. The van der Waals surface area contributed by atoms with Crippen LogP contribution in [0.5, 0.6) is 11.5 Å². The molecule has 224 valence electrons. The van der Waals surface area contributed by atoms with Crippen LogP contribution in [0.4, 0.5) is 4.79 Å². The van der Waals surface area contributed by atoms with Gasteiger partial charge in [0.2, 0.25) is 0 Å². The van der Waals surface area contributed by atoms with Crippen LogP contribution in [0.3, 0.4) is 0 Å². The third kappa shape index (κ3) is 4.97. The highest BCUT2D eigenvalue weighted by Crippen LogP contribution is 2.46. The van der Waals surface area contributed by atoms with Crippen molar-refractivity contribution in [3.05, 3.63) is 96.6 Å². The lowest BCUT2D eigenvalue weighted by atomic mass is 9.86. The van der Waals surface area contributed by atoms with Crippen molar-refractivity contribution in [2.45, 2.75) is 63.3 Å². The van der Waals surface area contributed by atoms with E-state index < -0.39 is 5.60 Å². The summed E-state index contributed by atoms with van der Waals surface area (Å²) in [6.45, 7) is 8.98. The molecule has 6 heterocycles. The average molecular weight is 581 g/mol. The quantitative estimate of drug-likeness (QED) is 0.256. The molecule has 4 aliphatic heterocycles. The summed E-state index contributed by atoms with van der Waals surface area (Å²) in [6.07, 6.45) is 7.55. The number of likely N-dealkylation sites (tertiary alicyclic amines) is 1. The van der Waals surface area contributed by atoms with Gasteiger partial charge in [-0.3, -0.25) is 0 Å². The van der Waals surface area contributed by atoms with E-state index in [1.807, 2.05) is 45.0 Å². The summed E-state index contributed by atoms with van der Waals surface area (Å²) in [5.41, 5.74) is 3.70. The molecular formula is C35H40N4O4. The van der Waals surface area contributed by atoms with E-state index in [-0.39, 0.29) is 17.3 Å². The second-order valence-electron chi connectivity index (χ2n) is 12.9. The molecule has 2 fully saturated rings. The number of para-hydroxylation sites is 4. The molecule has 0 unspecified atom stereocenters. The zero-order chi connectivity index (χ0) is 29.7. The van der Waals surface area contributed by atoms with Crippen LogP contribution >= 0.6 is 0 Å². The number of rotatable bonds is 0. The third-order valence-corrected chi connectivity index (χ3v) is 8.93. The fourth-order valence-corrected chi connectivity index (χ4v) is 6.86. The van der Waals surface area contributed by atoms with Crippen LogP contribution in [-0.2, 0) is 15.9 Å².